The van der Waals surface area contributed by atoms with Crippen LogP contribution in [0.5, 0.6) is 0 Å². The average Bonchev–Trinajstić information content (AvgIpc) is 3.25. The van der Waals surface area contributed by atoms with E-state index in [4.69, 9.17) is 0 Å². The molecule has 0 aliphatic carbocycles. The number of nitrogens with one attached hydrogen (secondary N) is 1. The largest absolute Gasteiger partial charge is 0.340 e. The van der Waals surface area contributed by atoms with Gasteiger partial charge in [0.2, 0.25) is 0 Å². The molecule has 0 aliphatic heterocycles. The number of nitrogens with zero attached hydrogens (tertiary/aromatic N) is 5. The molecule has 1 aromatic carbocycles. The highest BCUT2D eigenvalue weighted by molar-refractivity contribution is 5.57. The Morgan fingerprint density at radius 1 is 0.833 bits per heavy atom. The molecule has 0 saturated carbocycles. The van der Waals surface area contributed by atoms with Gasteiger partial charge in [-0.25, -0.2) is 15.0 Å². The average molecular weight is 316 g/mol. The lowest BCUT2D eigenvalue weighted by atomic mass is 10.3. The van der Waals surface area contributed by atoms with Crippen molar-refractivity contribution in [1.82, 2.24) is 24.1 Å². The lowest BCUT2D eigenvalue weighted by Gasteiger charge is -2.09. The fourth-order valence-electron chi connectivity index (χ4n) is 2.53. The van der Waals surface area contributed by atoms with E-state index >= 15 is 0 Å². The molecule has 118 valence electrons. The van der Waals surface area contributed by atoms with Gasteiger partial charge in [0.25, 0.3) is 0 Å². The van der Waals surface area contributed by atoms with Crippen LogP contribution in [-0.4, -0.2) is 24.1 Å². The molecule has 24 heavy (non-hydrogen) atoms. The van der Waals surface area contributed by atoms with E-state index in [0.29, 0.717) is 0 Å². The first-order valence-corrected chi connectivity index (χ1v) is 7.61. The molecule has 4 aromatic rings. The summed E-state index contributed by atoms with van der Waals surface area (Å²) >= 11 is 0. The number of imidazole rings is 2. The highest BCUT2D eigenvalue weighted by atomic mass is 15.2. The van der Waals surface area contributed by atoms with Crippen LogP contribution in [-0.2, 0) is 7.05 Å². The molecular formula is C18H16N6. The molecule has 6 heteroatoms. The van der Waals surface area contributed by atoms with Gasteiger partial charge in [0.1, 0.15) is 5.82 Å². The maximum atomic E-state index is 4.49. The number of pyridine rings is 1. The van der Waals surface area contributed by atoms with E-state index in [1.165, 1.54) is 0 Å². The number of aryl methyl sites for hydroxylation is 1. The number of aromatic nitrogens is 5. The monoisotopic (exact) mass is 316 g/mol. The Hall–Kier alpha value is -3.41. The predicted molar refractivity (Wildman–Crippen MR) is 93.3 cm³/mol. The number of benzene rings is 1. The zero-order valence-corrected chi connectivity index (χ0v) is 13.2. The van der Waals surface area contributed by atoms with E-state index in [1.54, 1.807) is 12.4 Å². The summed E-state index contributed by atoms with van der Waals surface area (Å²) in [4.78, 5) is 13.3. The maximum absolute atomic E-state index is 4.49. The second-order valence-electron chi connectivity index (χ2n) is 5.38. The molecule has 0 unspecified atom stereocenters. The Morgan fingerprint density at radius 3 is 2.33 bits per heavy atom. The smallest absolute Gasteiger partial charge is 0.181 e. The molecule has 4 rings (SSSR count). The Kier molecular flexibility index (Phi) is 3.55. The van der Waals surface area contributed by atoms with Crippen LogP contribution in [0.3, 0.4) is 0 Å². The van der Waals surface area contributed by atoms with E-state index in [0.717, 1.165) is 28.8 Å². The number of anilines is 2. The van der Waals surface area contributed by atoms with Crippen molar-refractivity contribution in [2.75, 3.05) is 5.32 Å². The van der Waals surface area contributed by atoms with Crippen molar-refractivity contribution in [3.63, 3.8) is 0 Å². The lowest BCUT2D eigenvalue weighted by Crippen LogP contribution is -2.02. The van der Waals surface area contributed by atoms with Crippen LogP contribution < -0.4 is 5.32 Å². The Morgan fingerprint density at radius 2 is 1.62 bits per heavy atom. The predicted octanol–water partition coefficient (Wildman–Crippen LogP) is 3.41. The Bertz CT molecular complexity index is 937. The number of rotatable bonds is 4. The number of hydrogen-bond acceptors (Lipinski definition) is 4. The third kappa shape index (κ3) is 2.65. The van der Waals surface area contributed by atoms with Crippen LogP contribution in [0.2, 0.25) is 0 Å². The highest BCUT2D eigenvalue weighted by Crippen LogP contribution is 2.20. The molecular weight excluding hydrogens is 300 g/mol. The maximum Gasteiger partial charge on any atom is 0.181 e. The number of hydrogen-bond donors (Lipinski definition) is 1. The summed E-state index contributed by atoms with van der Waals surface area (Å²) in [6.45, 7) is 0. The molecule has 0 aliphatic rings. The van der Waals surface area contributed by atoms with Gasteiger partial charge in [0, 0.05) is 37.5 Å². The minimum absolute atomic E-state index is 0.785. The molecule has 3 heterocycles. The summed E-state index contributed by atoms with van der Waals surface area (Å²) in [7, 11) is 1.95. The van der Waals surface area contributed by atoms with Crippen LogP contribution >= 0.6 is 0 Å². The lowest BCUT2D eigenvalue weighted by molar-refractivity contribution is 0.896. The molecule has 0 amide bonds. The van der Waals surface area contributed by atoms with Crippen molar-refractivity contribution in [3.8, 4) is 17.3 Å². The van der Waals surface area contributed by atoms with Gasteiger partial charge in [0.05, 0.1) is 11.9 Å². The van der Waals surface area contributed by atoms with Gasteiger partial charge < -0.3 is 9.88 Å². The minimum Gasteiger partial charge on any atom is -0.340 e. The standard InChI is InChI=1S/C18H16N6/c1-23-11-9-19-17(23)18-20-10-12-24(18)15-7-8-16(21-13-15)22-14-5-3-2-4-6-14/h2-13H,1H3,(H,21,22). The Balaban J connectivity index is 1.62. The fraction of sp³-hybridized carbons (Fsp3) is 0.0556. The third-order valence-corrected chi connectivity index (χ3v) is 3.73. The normalized spacial score (nSPS) is 10.7. The van der Waals surface area contributed by atoms with Gasteiger partial charge >= 0.3 is 0 Å². The van der Waals surface area contributed by atoms with Crippen molar-refractivity contribution in [2.45, 2.75) is 0 Å². The van der Waals surface area contributed by atoms with Gasteiger partial charge in [-0.2, -0.15) is 0 Å². The molecule has 0 fully saturated rings. The minimum atomic E-state index is 0.785. The van der Waals surface area contributed by atoms with E-state index in [1.807, 2.05) is 77.2 Å². The highest BCUT2D eigenvalue weighted by Gasteiger charge is 2.12. The van der Waals surface area contributed by atoms with Gasteiger partial charge in [-0.05, 0) is 24.3 Å². The third-order valence-electron chi connectivity index (χ3n) is 3.73. The molecule has 6 nitrogen and oxygen atoms in total. The van der Waals surface area contributed by atoms with Crippen LogP contribution in [0.15, 0.2) is 73.4 Å². The van der Waals surface area contributed by atoms with Crippen LogP contribution in [0.1, 0.15) is 0 Å². The second kappa shape index (κ2) is 6.00. The quantitative estimate of drug-likeness (QED) is 0.627. The van der Waals surface area contributed by atoms with E-state index in [2.05, 4.69) is 20.3 Å². The number of para-hydroxylation sites is 1. The SMILES string of the molecule is Cn1ccnc1-c1nccn1-c1ccc(Nc2ccccc2)nc1. The van der Waals surface area contributed by atoms with Crippen LogP contribution in [0.25, 0.3) is 17.3 Å². The van der Waals surface area contributed by atoms with Gasteiger partial charge in [0.15, 0.2) is 11.6 Å². The van der Waals surface area contributed by atoms with Crippen molar-refractivity contribution in [1.29, 1.82) is 0 Å². The van der Waals surface area contributed by atoms with Crippen LogP contribution in [0, 0.1) is 0 Å². The summed E-state index contributed by atoms with van der Waals surface area (Å²) in [5.74, 6) is 2.39. The summed E-state index contributed by atoms with van der Waals surface area (Å²) in [5.41, 5.74) is 1.94. The van der Waals surface area contributed by atoms with Crippen LogP contribution in [0.4, 0.5) is 11.5 Å². The topological polar surface area (TPSA) is 60.6 Å². The summed E-state index contributed by atoms with van der Waals surface area (Å²) in [5, 5.41) is 3.28. The first kappa shape index (κ1) is 14.2. The summed E-state index contributed by atoms with van der Waals surface area (Å²) < 4.78 is 3.92. The first-order valence-electron chi connectivity index (χ1n) is 7.61. The van der Waals surface area contributed by atoms with Crippen molar-refractivity contribution < 1.29 is 0 Å². The Labute approximate surface area is 139 Å². The first-order chi connectivity index (χ1) is 11.8. The van der Waals surface area contributed by atoms with E-state index < -0.39 is 0 Å². The zero-order valence-electron chi connectivity index (χ0n) is 13.2. The fourth-order valence-corrected chi connectivity index (χ4v) is 2.53. The molecule has 0 spiro atoms. The summed E-state index contributed by atoms with van der Waals surface area (Å²) in [6, 6.07) is 13.9. The zero-order chi connectivity index (χ0) is 16.4. The molecule has 1 N–H and O–H groups in total. The van der Waals surface area contributed by atoms with Crippen molar-refractivity contribution >= 4 is 11.5 Å². The molecule has 0 saturated heterocycles. The van der Waals surface area contributed by atoms with Gasteiger partial charge in [-0.3, -0.25) is 4.57 Å². The molecule has 3 aromatic heterocycles. The molecule has 0 atom stereocenters. The van der Waals surface area contributed by atoms with E-state index in [-0.39, 0.29) is 0 Å². The molecule has 0 bridgehead atoms. The van der Waals surface area contributed by atoms with E-state index in [9.17, 15) is 0 Å². The van der Waals surface area contributed by atoms with Gasteiger partial charge in [-0.15, -0.1) is 0 Å². The summed E-state index contributed by atoms with van der Waals surface area (Å²) in [6.07, 6.45) is 9.16. The van der Waals surface area contributed by atoms with Crippen molar-refractivity contribution in [2.24, 2.45) is 7.05 Å². The second-order valence-corrected chi connectivity index (χ2v) is 5.38. The molecule has 0 radical (unpaired) electrons. The van der Waals surface area contributed by atoms with Crippen molar-refractivity contribution in [3.05, 3.63) is 73.4 Å². The van der Waals surface area contributed by atoms with Gasteiger partial charge in [-0.1, -0.05) is 18.2 Å².